The van der Waals surface area contributed by atoms with E-state index in [1.807, 2.05) is 0 Å². The highest BCUT2D eigenvalue weighted by molar-refractivity contribution is 7.92. The van der Waals surface area contributed by atoms with Crippen molar-refractivity contribution in [2.75, 3.05) is 10.0 Å². The van der Waals surface area contributed by atoms with Gasteiger partial charge in [0, 0.05) is 5.69 Å². The number of carbonyl (C=O) groups excluding carboxylic acids is 1. The molecule has 0 aliphatic carbocycles. The molecule has 150 valence electrons. The van der Waals surface area contributed by atoms with Crippen molar-refractivity contribution in [1.82, 2.24) is 20.0 Å². The Morgan fingerprint density at radius 3 is 2.45 bits per heavy atom. The molecule has 2 heterocycles. The summed E-state index contributed by atoms with van der Waals surface area (Å²) in [5, 5.41) is 24.1. The van der Waals surface area contributed by atoms with Crippen LogP contribution in [0.1, 0.15) is 0 Å². The van der Waals surface area contributed by atoms with E-state index in [1.54, 1.807) is 0 Å². The highest BCUT2D eigenvalue weighted by Crippen LogP contribution is 2.17. The van der Waals surface area contributed by atoms with Crippen LogP contribution in [-0.2, 0) is 21.4 Å². The quantitative estimate of drug-likeness (QED) is 0.416. The first-order valence-electron chi connectivity index (χ1n) is 7.83. The number of hydrogen-bond acceptors (Lipinski definition) is 8. The minimum Gasteiger partial charge on any atom is -0.358 e. The zero-order valence-electron chi connectivity index (χ0n) is 14.4. The summed E-state index contributed by atoms with van der Waals surface area (Å²) in [4.78, 5) is 21.9. The number of aromatic nitrogens is 4. The smallest absolute Gasteiger partial charge is 0.358 e. The third-order valence-corrected chi connectivity index (χ3v) is 5.01. The van der Waals surface area contributed by atoms with Gasteiger partial charge in [-0.3, -0.25) is 9.52 Å². The third-order valence-electron chi connectivity index (χ3n) is 3.44. The fourth-order valence-corrected chi connectivity index (χ4v) is 3.27. The number of hydrogen-bond donors (Lipinski definition) is 2. The summed E-state index contributed by atoms with van der Waals surface area (Å²) in [6.07, 6.45) is 1.30. The minimum absolute atomic E-state index is 0.0000883. The standard InChI is InChI=1S/C15H12ClN7O5S/c16-12-5-6-13(19-18-12)21-29(27,28)11-3-1-10(2-4-11)17-15(24)9-22-8-7-14(20-22)23(25)26/h1-8H,9H2,(H,17,24)(H,19,21). The van der Waals surface area contributed by atoms with Crippen molar-refractivity contribution >= 4 is 44.9 Å². The SMILES string of the molecule is O=C(Cn1ccc([N+](=O)[O-])n1)Nc1ccc(S(=O)(=O)Nc2ccc(Cl)nn2)cc1. The fourth-order valence-electron chi connectivity index (χ4n) is 2.17. The highest BCUT2D eigenvalue weighted by Gasteiger charge is 2.16. The van der Waals surface area contributed by atoms with Gasteiger partial charge in [-0.05, 0) is 41.3 Å². The van der Waals surface area contributed by atoms with Crippen LogP contribution in [0.4, 0.5) is 17.3 Å². The van der Waals surface area contributed by atoms with Crippen LogP contribution in [0.25, 0.3) is 0 Å². The van der Waals surface area contributed by atoms with Crippen LogP contribution in [-0.4, -0.2) is 39.2 Å². The molecule has 1 amide bonds. The number of nitrogens with one attached hydrogen (secondary N) is 2. The zero-order valence-corrected chi connectivity index (χ0v) is 16.0. The Hall–Kier alpha value is -3.58. The van der Waals surface area contributed by atoms with Gasteiger partial charge in [-0.25, -0.2) is 8.42 Å². The van der Waals surface area contributed by atoms with Crippen molar-refractivity contribution in [3.8, 4) is 0 Å². The number of rotatable bonds is 7. The van der Waals surface area contributed by atoms with Gasteiger partial charge in [-0.15, -0.1) is 10.2 Å². The Labute approximate surface area is 168 Å². The Bertz CT molecular complexity index is 1150. The number of halogens is 1. The Kier molecular flexibility index (Phi) is 5.70. The summed E-state index contributed by atoms with van der Waals surface area (Å²) < 4.78 is 28.1. The maximum absolute atomic E-state index is 12.4. The van der Waals surface area contributed by atoms with Crippen molar-refractivity contribution < 1.29 is 18.1 Å². The van der Waals surface area contributed by atoms with Gasteiger partial charge >= 0.3 is 5.82 Å². The van der Waals surface area contributed by atoms with Gasteiger partial charge in [0.25, 0.3) is 10.0 Å². The van der Waals surface area contributed by atoms with E-state index in [0.29, 0.717) is 5.69 Å². The van der Waals surface area contributed by atoms with E-state index in [-0.39, 0.29) is 28.2 Å². The number of amides is 1. The lowest BCUT2D eigenvalue weighted by atomic mass is 10.3. The predicted octanol–water partition coefficient (Wildman–Crippen LogP) is 1.67. The monoisotopic (exact) mass is 437 g/mol. The van der Waals surface area contributed by atoms with E-state index in [0.717, 1.165) is 4.68 Å². The molecule has 0 saturated heterocycles. The highest BCUT2D eigenvalue weighted by atomic mass is 35.5. The molecule has 2 aromatic heterocycles. The van der Waals surface area contributed by atoms with Gasteiger partial charge < -0.3 is 15.4 Å². The van der Waals surface area contributed by atoms with E-state index < -0.39 is 20.9 Å². The molecule has 12 nitrogen and oxygen atoms in total. The molecular weight excluding hydrogens is 426 g/mol. The molecular formula is C15H12ClN7O5S. The van der Waals surface area contributed by atoms with Crippen molar-refractivity contribution in [2.24, 2.45) is 0 Å². The molecule has 1 aromatic carbocycles. The van der Waals surface area contributed by atoms with Gasteiger partial charge in [0.05, 0.1) is 22.3 Å². The number of anilines is 2. The third kappa shape index (κ3) is 5.24. The van der Waals surface area contributed by atoms with Crippen molar-refractivity contribution in [3.63, 3.8) is 0 Å². The number of nitrogens with zero attached hydrogens (tertiary/aromatic N) is 5. The molecule has 3 rings (SSSR count). The predicted molar refractivity (Wildman–Crippen MR) is 102 cm³/mol. The lowest BCUT2D eigenvalue weighted by molar-refractivity contribution is -0.389. The van der Waals surface area contributed by atoms with Crippen LogP contribution in [0.3, 0.4) is 0 Å². The molecule has 0 bridgehead atoms. The van der Waals surface area contributed by atoms with Crippen LogP contribution >= 0.6 is 11.6 Å². The van der Waals surface area contributed by atoms with E-state index in [1.165, 1.54) is 48.7 Å². The fraction of sp³-hybridized carbons (Fsp3) is 0.0667. The van der Waals surface area contributed by atoms with Crippen LogP contribution in [0.5, 0.6) is 0 Å². The Morgan fingerprint density at radius 1 is 1.14 bits per heavy atom. The first-order chi connectivity index (χ1) is 13.7. The molecule has 0 atom stereocenters. The molecule has 0 saturated carbocycles. The average Bonchev–Trinajstić information content (AvgIpc) is 3.12. The molecule has 0 fully saturated rings. The van der Waals surface area contributed by atoms with Crippen LogP contribution in [0.2, 0.25) is 5.15 Å². The number of carbonyl (C=O) groups is 1. The summed E-state index contributed by atoms with van der Waals surface area (Å²) >= 11 is 5.60. The molecule has 0 aliphatic rings. The summed E-state index contributed by atoms with van der Waals surface area (Å²) in [6.45, 7) is -0.245. The summed E-state index contributed by atoms with van der Waals surface area (Å²) in [5.41, 5.74) is 0.335. The Morgan fingerprint density at radius 2 is 1.86 bits per heavy atom. The summed E-state index contributed by atoms with van der Waals surface area (Å²) in [7, 11) is -3.91. The second kappa shape index (κ2) is 8.20. The van der Waals surface area contributed by atoms with E-state index >= 15 is 0 Å². The molecule has 3 aromatic rings. The number of benzene rings is 1. The maximum Gasteiger partial charge on any atom is 0.389 e. The lowest BCUT2D eigenvalue weighted by Crippen LogP contribution is -2.19. The molecule has 0 radical (unpaired) electrons. The van der Waals surface area contributed by atoms with Gasteiger partial charge in [0.1, 0.15) is 6.54 Å². The molecule has 29 heavy (non-hydrogen) atoms. The van der Waals surface area contributed by atoms with Gasteiger partial charge in [0.2, 0.25) is 5.91 Å². The van der Waals surface area contributed by atoms with E-state index in [4.69, 9.17) is 11.6 Å². The lowest BCUT2D eigenvalue weighted by Gasteiger charge is -2.08. The largest absolute Gasteiger partial charge is 0.389 e. The van der Waals surface area contributed by atoms with Crippen molar-refractivity contribution in [3.05, 3.63) is 63.9 Å². The average molecular weight is 438 g/mol. The van der Waals surface area contributed by atoms with Crippen LogP contribution in [0, 0.1) is 10.1 Å². The summed E-state index contributed by atoms with van der Waals surface area (Å²) in [6, 6.07) is 9.29. The first-order valence-corrected chi connectivity index (χ1v) is 9.69. The zero-order chi connectivity index (χ0) is 21.0. The number of sulfonamides is 1. The molecule has 0 unspecified atom stereocenters. The number of nitro groups is 1. The second-order valence-electron chi connectivity index (χ2n) is 5.55. The van der Waals surface area contributed by atoms with Crippen LogP contribution < -0.4 is 10.0 Å². The minimum atomic E-state index is -3.91. The maximum atomic E-state index is 12.4. The van der Waals surface area contributed by atoms with Crippen LogP contribution in [0.15, 0.2) is 53.6 Å². The van der Waals surface area contributed by atoms with Crippen molar-refractivity contribution in [1.29, 1.82) is 0 Å². The molecule has 14 heteroatoms. The molecule has 0 spiro atoms. The van der Waals surface area contributed by atoms with Gasteiger partial charge in [-0.1, -0.05) is 11.6 Å². The summed E-state index contributed by atoms with van der Waals surface area (Å²) in [5.74, 6) is -0.862. The van der Waals surface area contributed by atoms with E-state index in [2.05, 4.69) is 25.3 Å². The van der Waals surface area contributed by atoms with Gasteiger partial charge in [-0.2, -0.15) is 4.68 Å². The van der Waals surface area contributed by atoms with E-state index in [9.17, 15) is 23.3 Å². The van der Waals surface area contributed by atoms with Crippen molar-refractivity contribution in [2.45, 2.75) is 11.4 Å². The van der Waals surface area contributed by atoms with Gasteiger partial charge in [0.15, 0.2) is 11.0 Å². The molecule has 2 N–H and O–H groups in total. The second-order valence-corrected chi connectivity index (χ2v) is 7.62. The Balaban J connectivity index is 1.63. The molecule has 0 aliphatic heterocycles. The normalized spacial score (nSPS) is 11.1. The topological polar surface area (TPSA) is 162 Å². The first kappa shape index (κ1) is 20.2.